The van der Waals surface area contributed by atoms with Crippen molar-refractivity contribution in [2.75, 3.05) is 26.3 Å². The molecule has 4 heteroatoms. The zero-order chi connectivity index (χ0) is 6.97. The fourth-order valence-corrected chi connectivity index (χ4v) is 1.40. The molecule has 0 bridgehead atoms. The molecule has 2 rings (SSSR count). The minimum Gasteiger partial charge on any atom is -0.365 e. The number of aliphatic hydroxyl groups is 1. The molecule has 1 N–H and O–H groups in total. The Labute approximate surface area is 59.3 Å². The molecule has 58 valence electrons. The lowest BCUT2D eigenvalue weighted by atomic mass is 10.4. The maximum atomic E-state index is 9.19. The molecule has 0 aromatic heterocycles. The molecule has 10 heavy (non-hydrogen) atoms. The Morgan fingerprint density at radius 3 is 2.60 bits per heavy atom. The summed E-state index contributed by atoms with van der Waals surface area (Å²) in [5, 5.41) is 9.19. The van der Waals surface area contributed by atoms with Gasteiger partial charge in [-0.2, -0.15) is 0 Å². The Morgan fingerprint density at radius 1 is 1.20 bits per heavy atom. The van der Waals surface area contributed by atoms with Gasteiger partial charge in [0.05, 0.1) is 13.2 Å². The zero-order valence-corrected chi connectivity index (χ0v) is 5.69. The highest BCUT2D eigenvalue weighted by Crippen LogP contribution is 2.17. The van der Waals surface area contributed by atoms with Crippen molar-refractivity contribution in [3.63, 3.8) is 0 Å². The summed E-state index contributed by atoms with van der Waals surface area (Å²) in [6, 6.07) is 0. The summed E-state index contributed by atoms with van der Waals surface area (Å²) < 4.78 is 10.2. The normalized spacial score (nSPS) is 41.7. The maximum absolute atomic E-state index is 9.19. The highest BCUT2D eigenvalue weighted by molar-refractivity contribution is 4.75. The van der Waals surface area contributed by atoms with Gasteiger partial charge in [0, 0.05) is 13.1 Å². The molecule has 2 aliphatic rings. The molecule has 2 aliphatic heterocycles. The first-order chi connectivity index (χ1) is 4.88. The van der Waals surface area contributed by atoms with Crippen LogP contribution < -0.4 is 0 Å². The second-order valence-corrected chi connectivity index (χ2v) is 2.56. The van der Waals surface area contributed by atoms with Crippen molar-refractivity contribution in [3.8, 4) is 0 Å². The fraction of sp³-hybridized carbons (Fsp3) is 1.00. The van der Waals surface area contributed by atoms with Crippen LogP contribution in [0.15, 0.2) is 0 Å². The van der Waals surface area contributed by atoms with Gasteiger partial charge in [-0.25, -0.2) is 0 Å². The summed E-state index contributed by atoms with van der Waals surface area (Å²) in [4.78, 5) is 2.09. The number of fused-ring (bicyclic) bond motifs is 1. The van der Waals surface area contributed by atoms with Crippen LogP contribution in [0, 0.1) is 0 Å². The van der Waals surface area contributed by atoms with Crippen molar-refractivity contribution < 1.29 is 14.6 Å². The summed E-state index contributed by atoms with van der Waals surface area (Å²) in [7, 11) is 0. The van der Waals surface area contributed by atoms with E-state index in [2.05, 4.69) is 4.90 Å². The van der Waals surface area contributed by atoms with E-state index in [1.807, 2.05) is 0 Å². The molecule has 2 heterocycles. The number of morpholine rings is 1. The lowest BCUT2D eigenvalue weighted by Gasteiger charge is -2.31. The standard InChI is InChI=1S/C6H11NO3/c8-6-5-7(1-3-9-5)2-4-10-6/h5-6,8H,1-4H2. The number of rotatable bonds is 0. The number of hydrogen-bond acceptors (Lipinski definition) is 4. The molecule has 0 aromatic rings. The Morgan fingerprint density at radius 2 is 1.90 bits per heavy atom. The number of hydrogen-bond donors (Lipinski definition) is 1. The third-order valence-corrected chi connectivity index (χ3v) is 1.94. The van der Waals surface area contributed by atoms with Crippen molar-refractivity contribution in [2.24, 2.45) is 0 Å². The monoisotopic (exact) mass is 145 g/mol. The summed E-state index contributed by atoms with van der Waals surface area (Å²) in [6.07, 6.45) is -0.940. The largest absolute Gasteiger partial charge is 0.365 e. The third kappa shape index (κ3) is 0.932. The second-order valence-electron chi connectivity index (χ2n) is 2.56. The van der Waals surface area contributed by atoms with E-state index in [1.165, 1.54) is 0 Å². The molecule has 0 spiro atoms. The summed E-state index contributed by atoms with van der Waals surface area (Å²) in [6.45, 7) is 3.12. The molecule has 0 saturated carbocycles. The zero-order valence-electron chi connectivity index (χ0n) is 5.69. The predicted molar refractivity (Wildman–Crippen MR) is 33.3 cm³/mol. The molecular formula is C6H11NO3. The van der Waals surface area contributed by atoms with Gasteiger partial charge in [-0.15, -0.1) is 0 Å². The van der Waals surface area contributed by atoms with E-state index in [1.54, 1.807) is 0 Å². The van der Waals surface area contributed by atoms with Crippen molar-refractivity contribution in [2.45, 2.75) is 12.5 Å². The lowest BCUT2D eigenvalue weighted by Crippen LogP contribution is -2.48. The SMILES string of the molecule is OC1OCCN2CCOC12. The van der Waals surface area contributed by atoms with Crippen LogP contribution in [0.5, 0.6) is 0 Å². The van der Waals surface area contributed by atoms with Crippen molar-refractivity contribution >= 4 is 0 Å². The molecule has 2 atom stereocenters. The smallest absolute Gasteiger partial charge is 0.195 e. The Bertz CT molecular complexity index is 130. The van der Waals surface area contributed by atoms with Crippen LogP contribution in [-0.4, -0.2) is 48.8 Å². The molecule has 4 nitrogen and oxygen atoms in total. The van der Waals surface area contributed by atoms with Crippen LogP contribution in [0.25, 0.3) is 0 Å². The maximum Gasteiger partial charge on any atom is 0.195 e. The van der Waals surface area contributed by atoms with Gasteiger partial charge in [0.2, 0.25) is 0 Å². The number of nitrogens with zero attached hydrogens (tertiary/aromatic N) is 1. The minimum absolute atomic E-state index is 0.200. The average molecular weight is 145 g/mol. The minimum atomic E-state index is -0.740. The first-order valence-corrected chi connectivity index (χ1v) is 3.53. The van der Waals surface area contributed by atoms with Crippen LogP contribution in [0.4, 0.5) is 0 Å². The Kier molecular flexibility index (Phi) is 1.61. The Balaban J connectivity index is 2.03. The Hall–Kier alpha value is -0.160. The van der Waals surface area contributed by atoms with Gasteiger partial charge in [0.15, 0.2) is 12.5 Å². The molecule has 0 aliphatic carbocycles. The van der Waals surface area contributed by atoms with Crippen LogP contribution in [0.2, 0.25) is 0 Å². The van der Waals surface area contributed by atoms with E-state index in [0.717, 1.165) is 13.1 Å². The van der Waals surface area contributed by atoms with E-state index in [4.69, 9.17) is 9.47 Å². The molecule has 2 saturated heterocycles. The van der Waals surface area contributed by atoms with Crippen molar-refractivity contribution in [1.82, 2.24) is 4.90 Å². The van der Waals surface area contributed by atoms with E-state index in [0.29, 0.717) is 13.2 Å². The lowest BCUT2D eigenvalue weighted by molar-refractivity contribution is -0.225. The first kappa shape index (κ1) is 6.54. The molecule has 2 fully saturated rings. The average Bonchev–Trinajstić information content (AvgIpc) is 2.36. The summed E-state index contributed by atoms with van der Waals surface area (Å²) in [5.74, 6) is 0. The quantitative estimate of drug-likeness (QED) is 0.474. The highest BCUT2D eigenvalue weighted by Gasteiger charge is 2.35. The van der Waals surface area contributed by atoms with Gasteiger partial charge in [-0.1, -0.05) is 0 Å². The fourth-order valence-electron chi connectivity index (χ4n) is 1.40. The van der Waals surface area contributed by atoms with Crippen molar-refractivity contribution in [1.29, 1.82) is 0 Å². The van der Waals surface area contributed by atoms with E-state index in [-0.39, 0.29) is 6.23 Å². The van der Waals surface area contributed by atoms with Gasteiger partial charge < -0.3 is 14.6 Å². The third-order valence-electron chi connectivity index (χ3n) is 1.94. The molecule has 2 unspecified atom stereocenters. The van der Waals surface area contributed by atoms with Gasteiger partial charge in [0.25, 0.3) is 0 Å². The van der Waals surface area contributed by atoms with Crippen LogP contribution >= 0.6 is 0 Å². The van der Waals surface area contributed by atoms with Crippen LogP contribution in [0.1, 0.15) is 0 Å². The summed E-state index contributed by atoms with van der Waals surface area (Å²) in [5.41, 5.74) is 0. The van der Waals surface area contributed by atoms with Crippen LogP contribution in [0.3, 0.4) is 0 Å². The summed E-state index contributed by atoms with van der Waals surface area (Å²) >= 11 is 0. The van der Waals surface area contributed by atoms with Gasteiger partial charge >= 0.3 is 0 Å². The van der Waals surface area contributed by atoms with Gasteiger partial charge in [-0.05, 0) is 0 Å². The van der Waals surface area contributed by atoms with Crippen LogP contribution in [-0.2, 0) is 9.47 Å². The first-order valence-electron chi connectivity index (χ1n) is 3.53. The molecule has 0 amide bonds. The topological polar surface area (TPSA) is 41.9 Å². The molecule has 0 aromatic carbocycles. The van der Waals surface area contributed by atoms with E-state index in [9.17, 15) is 5.11 Å². The number of aliphatic hydroxyl groups excluding tert-OH is 1. The van der Waals surface area contributed by atoms with Crippen molar-refractivity contribution in [3.05, 3.63) is 0 Å². The van der Waals surface area contributed by atoms with E-state index < -0.39 is 6.29 Å². The second kappa shape index (κ2) is 2.47. The van der Waals surface area contributed by atoms with Gasteiger partial charge in [-0.3, -0.25) is 4.90 Å². The number of ether oxygens (including phenoxy) is 2. The predicted octanol–water partition coefficient (Wildman–Crippen LogP) is -1.01. The molecular weight excluding hydrogens is 134 g/mol. The highest BCUT2D eigenvalue weighted by atomic mass is 16.6. The molecule has 0 radical (unpaired) electrons. The van der Waals surface area contributed by atoms with Gasteiger partial charge in [0.1, 0.15) is 0 Å². The van der Waals surface area contributed by atoms with E-state index >= 15 is 0 Å².